The van der Waals surface area contributed by atoms with Gasteiger partial charge in [-0.15, -0.1) is 11.3 Å². The van der Waals surface area contributed by atoms with Crippen LogP contribution in [0, 0.1) is 6.92 Å². The number of aryl methyl sites for hydroxylation is 1. The van der Waals surface area contributed by atoms with Crippen LogP contribution in [0.25, 0.3) is 10.6 Å². The van der Waals surface area contributed by atoms with E-state index >= 15 is 0 Å². The first-order valence-electron chi connectivity index (χ1n) is 8.24. The zero-order chi connectivity index (χ0) is 17.8. The number of anilines is 1. The van der Waals surface area contributed by atoms with Crippen LogP contribution in [0.15, 0.2) is 29.6 Å². The highest BCUT2D eigenvalue weighted by Gasteiger charge is 2.16. The quantitative estimate of drug-likeness (QED) is 0.742. The molecule has 0 unspecified atom stereocenters. The third-order valence-electron chi connectivity index (χ3n) is 3.62. The van der Waals surface area contributed by atoms with Gasteiger partial charge in [0.2, 0.25) is 0 Å². The fourth-order valence-electron chi connectivity index (χ4n) is 2.49. The van der Waals surface area contributed by atoms with Crippen LogP contribution < -0.4 is 10.1 Å². The van der Waals surface area contributed by atoms with Crippen molar-refractivity contribution in [2.45, 2.75) is 27.2 Å². The number of ether oxygens (including phenoxy) is 1. The van der Waals surface area contributed by atoms with Gasteiger partial charge in [0.15, 0.2) is 5.82 Å². The number of H-pyrrole nitrogens is 1. The standard InChI is InChI=1S/C16H14N4O2S.C2H6/c1-9-6-14(20-19-9)18-15(21)12-8-23-16(17-12)11-2-3-13-10(7-11)4-5-22-13;1-2/h2-3,6-8H,4-5H2,1H3,(H2,18,19,20,21);1-2H3. The molecule has 7 heteroatoms. The lowest BCUT2D eigenvalue weighted by atomic mass is 10.1. The molecule has 130 valence electrons. The highest BCUT2D eigenvalue weighted by Crippen LogP contribution is 2.31. The molecule has 4 rings (SSSR count). The van der Waals surface area contributed by atoms with Crippen LogP contribution >= 0.6 is 11.3 Å². The van der Waals surface area contributed by atoms with E-state index in [0.717, 1.165) is 35.0 Å². The van der Waals surface area contributed by atoms with Crippen LogP contribution in [-0.4, -0.2) is 27.7 Å². The zero-order valence-corrected chi connectivity index (χ0v) is 15.2. The van der Waals surface area contributed by atoms with E-state index in [1.54, 1.807) is 11.4 Å². The highest BCUT2D eigenvalue weighted by molar-refractivity contribution is 7.13. The minimum atomic E-state index is -0.261. The molecule has 25 heavy (non-hydrogen) atoms. The number of thiazole rings is 1. The van der Waals surface area contributed by atoms with Gasteiger partial charge in [0, 0.05) is 29.1 Å². The average Bonchev–Trinajstić information content (AvgIpc) is 3.36. The highest BCUT2D eigenvalue weighted by atomic mass is 32.1. The van der Waals surface area contributed by atoms with Gasteiger partial charge in [0.25, 0.3) is 5.91 Å². The average molecular weight is 356 g/mol. The molecule has 0 saturated carbocycles. The number of hydrogen-bond acceptors (Lipinski definition) is 5. The monoisotopic (exact) mass is 356 g/mol. The molecule has 2 aromatic heterocycles. The Morgan fingerprint density at radius 3 is 2.92 bits per heavy atom. The van der Waals surface area contributed by atoms with Crippen molar-refractivity contribution in [2.24, 2.45) is 0 Å². The number of amides is 1. The van der Waals surface area contributed by atoms with Crippen LogP contribution in [0.3, 0.4) is 0 Å². The topological polar surface area (TPSA) is 79.9 Å². The van der Waals surface area contributed by atoms with Crippen molar-refractivity contribution in [1.29, 1.82) is 0 Å². The van der Waals surface area contributed by atoms with E-state index in [0.29, 0.717) is 11.5 Å². The summed E-state index contributed by atoms with van der Waals surface area (Å²) in [4.78, 5) is 16.7. The molecule has 0 aliphatic carbocycles. The smallest absolute Gasteiger partial charge is 0.276 e. The maximum Gasteiger partial charge on any atom is 0.276 e. The zero-order valence-electron chi connectivity index (χ0n) is 14.4. The second-order valence-corrected chi connectivity index (χ2v) is 6.21. The number of rotatable bonds is 3. The maximum atomic E-state index is 12.2. The Labute approximate surface area is 150 Å². The molecule has 3 aromatic rings. The van der Waals surface area contributed by atoms with E-state index in [1.807, 2.05) is 32.9 Å². The Bertz CT molecular complexity index is 885. The van der Waals surface area contributed by atoms with Crippen molar-refractivity contribution in [2.75, 3.05) is 11.9 Å². The summed E-state index contributed by atoms with van der Waals surface area (Å²) in [6.07, 6.45) is 0.917. The van der Waals surface area contributed by atoms with Crippen molar-refractivity contribution < 1.29 is 9.53 Å². The minimum Gasteiger partial charge on any atom is -0.493 e. The number of nitrogens with zero attached hydrogens (tertiary/aromatic N) is 2. The second-order valence-electron chi connectivity index (χ2n) is 5.35. The maximum absolute atomic E-state index is 12.2. The van der Waals surface area contributed by atoms with Gasteiger partial charge in [0.05, 0.1) is 6.61 Å². The molecule has 0 bridgehead atoms. The SMILES string of the molecule is CC.Cc1cc(NC(=O)c2csc(-c3ccc4c(c3)CCO4)n2)n[nH]1. The Morgan fingerprint density at radius 1 is 1.32 bits per heavy atom. The Morgan fingerprint density at radius 2 is 2.16 bits per heavy atom. The van der Waals surface area contributed by atoms with E-state index < -0.39 is 0 Å². The third kappa shape index (κ3) is 3.71. The number of carbonyl (C=O) groups is 1. The number of carbonyl (C=O) groups excluding carboxylic acids is 1. The molecule has 0 saturated heterocycles. The van der Waals surface area contributed by atoms with E-state index in [-0.39, 0.29) is 5.91 Å². The molecule has 6 nitrogen and oxygen atoms in total. The number of aromatic amines is 1. The second kappa shape index (κ2) is 7.48. The number of benzene rings is 1. The van der Waals surface area contributed by atoms with Crippen molar-refractivity contribution in [1.82, 2.24) is 15.2 Å². The van der Waals surface area contributed by atoms with Crippen LogP contribution in [0.5, 0.6) is 5.75 Å². The third-order valence-corrected chi connectivity index (χ3v) is 4.51. The molecule has 1 aromatic carbocycles. The van der Waals surface area contributed by atoms with Crippen molar-refractivity contribution in [3.63, 3.8) is 0 Å². The molecular formula is C18H20N4O2S. The normalized spacial score (nSPS) is 12.0. The lowest BCUT2D eigenvalue weighted by Crippen LogP contribution is -2.12. The van der Waals surface area contributed by atoms with E-state index in [2.05, 4.69) is 26.6 Å². The summed E-state index contributed by atoms with van der Waals surface area (Å²) in [7, 11) is 0. The summed E-state index contributed by atoms with van der Waals surface area (Å²) >= 11 is 1.45. The summed E-state index contributed by atoms with van der Waals surface area (Å²) in [5, 5.41) is 12.1. The van der Waals surface area contributed by atoms with Gasteiger partial charge >= 0.3 is 0 Å². The summed E-state index contributed by atoms with van der Waals surface area (Å²) in [6.45, 7) is 6.61. The largest absolute Gasteiger partial charge is 0.493 e. The molecule has 1 aliphatic rings. The number of fused-ring (bicyclic) bond motifs is 1. The van der Waals surface area contributed by atoms with E-state index in [4.69, 9.17) is 4.74 Å². The summed E-state index contributed by atoms with van der Waals surface area (Å²) < 4.78 is 5.51. The van der Waals surface area contributed by atoms with Crippen LogP contribution in [0.4, 0.5) is 5.82 Å². The first kappa shape index (κ1) is 17.2. The Balaban J connectivity index is 0.000000880. The fourth-order valence-corrected chi connectivity index (χ4v) is 3.29. The van der Waals surface area contributed by atoms with Gasteiger partial charge in [-0.1, -0.05) is 13.8 Å². The number of aromatic nitrogens is 3. The van der Waals surface area contributed by atoms with Crippen molar-refractivity contribution in [3.05, 3.63) is 46.6 Å². The van der Waals surface area contributed by atoms with Gasteiger partial charge < -0.3 is 10.1 Å². The first-order valence-corrected chi connectivity index (χ1v) is 9.12. The van der Waals surface area contributed by atoms with Gasteiger partial charge in [-0.05, 0) is 30.7 Å². The molecule has 0 fully saturated rings. The van der Waals surface area contributed by atoms with Gasteiger partial charge in [0.1, 0.15) is 16.5 Å². The predicted octanol–water partition coefficient (Wildman–Crippen LogP) is 4.06. The summed E-state index contributed by atoms with van der Waals surface area (Å²) in [5.41, 5.74) is 3.48. The van der Waals surface area contributed by atoms with Crippen LogP contribution in [0.1, 0.15) is 35.6 Å². The minimum absolute atomic E-state index is 0.261. The lowest BCUT2D eigenvalue weighted by Gasteiger charge is -2.01. The molecule has 3 heterocycles. The summed E-state index contributed by atoms with van der Waals surface area (Å²) in [6, 6.07) is 7.79. The molecule has 1 aliphatic heterocycles. The van der Waals surface area contributed by atoms with Crippen LogP contribution in [-0.2, 0) is 6.42 Å². The predicted molar refractivity (Wildman–Crippen MR) is 99.4 cm³/mol. The fraction of sp³-hybridized carbons (Fsp3) is 0.278. The molecule has 0 radical (unpaired) electrons. The van der Waals surface area contributed by atoms with Crippen molar-refractivity contribution >= 4 is 23.1 Å². The van der Waals surface area contributed by atoms with Gasteiger partial charge in [-0.2, -0.15) is 5.10 Å². The number of hydrogen-bond donors (Lipinski definition) is 2. The summed E-state index contributed by atoms with van der Waals surface area (Å²) in [5.74, 6) is 1.18. The molecule has 2 N–H and O–H groups in total. The van der Waals surface area contributed by atoms with E-state index in [9.17, 15) is 4.79 Å². The molecule has 0 atom stereocenters. The molecule has 1 amide bonds. The van der Waals surface area contributed by atoms with Crippen LogP contribution in [0.2, 0.25) is 0 Å². The van der Waals surface area contributed by atoms with E-state index in [1.165, 1.54) is 16.9 Å². The molecular weight excluding hydrogens is 336 g/mol. The lowest BCUT2D eigenvalue weighted by molar-refractivity contribution is 0.102. The first-order chi connectivity index (χ1) is 12.2. The molecule has 0 spiro atoms. The van der Waals surface area contributed by atoms with Gasteiger partial charge in [-0.25, -0.2) is 4.98 Å². The van der Waals surface area contributed by atoms with Crippen molar-refractivity contribution in [3.8, 4) is 16.3 Å². The number of nitrogens with one attached hydrogen (secondary N) is 2. The Hall–Kier alpha value is -2.67. The van der Waals surface area contributed by atoms with Gasteiger partial charge in [-0.3, -0.25) is 9.89 Å². The Kier molecular flexibility index (Phi) is 5.14.